The van der Waals surface area contributed by atoms with Crippen LogP contribution in [-0.4, -0.2) is 71.9 Å². The second-order valence-electron chi connectivity index (χ2n) is 8.32. The van der Waals surface area contributed by atoms with E-state index in [-0.39, 0.29) is 19.1 Å². The Hall–Kier alpha value is -2.78. The highest BCUT2D eigenvalue weighted by Crippen LogP contribution is 2.29. The van der Waals surface area contributed by atoms with Crippen LogP contribution < -0.4 is 10.3 Å². The van der Waals surface area contributed by atoms with Gasteiger partial charge in [0.05, 0.1) is 17.9 Å². The van der Waals surface area contributed by atoms with E-state index in [2.05, 4.69) is 10.4 Å². The van der Waals surface area contributed by atoms with Crippen LogP contribution in [0.25, 0.3) is 0 Å². The highest BCUT2D eigenvalue weighted by atomic mass is 16.3. The minimum absolute atomic E-state index is 0.149. The van der Waals surface area contributed by atoms with E-state index in [1.165, 1.54) is 11.9 Å². The van der Waals surface area contributed by atoms with Crippen molar-refractivity contribution in [1.29, 1.82) is 0 Å². The zero-order chi connectivity index (χ0) is 23.6. The number of nitrogens with one attached hydrogen (secondary N) is 1. The third-order valence-corrected chi connectivity index (χ3v) is 5.84. The van der Waals surface area contributed by atoms with Crippen LogP contribution in [0.4, 0.5) is 5.69 Å². The minimum Gasteiger partial charge on any atom is -0.395 e. The molecule has 1 aromatic carbocycles. The van der Waals surface area contributed by atoms with E-state index in [1.807, 2.05) is 0 Å². The third-order valence-electron chi connectivity index (χ3n) is 5.84. The SMILES string of the molecule is Cc1ccc(N(C=O)/N=C\C(=O)N(C)CCO)cc1C(=O)NCCC1(O)CCCCCC1. The van der Waals surface area contributed by atoms with Crippen molar-refractivity contribution in [3.63, 3.8) is 0 Å². The number of nitrogens with zero attached hydrogens (tertiary/aromatic N) is 3. The van der Waals surface area contributed by atoms with Crippen LogP contribution in [0.5, 0.6) is 0 Å². The average Bonchev–Trinajstić information content (AvgIpc) is 2.99. The van der Waals surface area contributed by atoms with Crippen molar-refractivity contribution in [2.45, 2.75) is 57.5 Å². The summed E-state index contributed by atoms with van der Waals surface area (Å²) in [6.07, 6.45) is 7.75. The second kappa shape index (κ2) is 12.3. The van der Waals surface area contributed by atoms with Gasteiger partial charge < -0.3 is 20.4 Å². The van der Waals surface area contributed by atoms with E-state index >= 15 is 0 Å². The van der Waals surface area contributed by atoms with Gasteiger partial charge >= 0.3 is 0 Å². The van der Waals surface area contributed by atoms with Crippen molar-refractivity contribution < 1.29 is 24.6 Å². The standard InChI is InChI=1S/C23H34N4O5/c1-18-7-8-19(27(17-29)25-16-21(30)26(2)13-14-28)15-20(18)22(31)24-12-11-23(32)9-5-3-4-6-10-23/h7-8,15-17,28,32H,3-6,9-14H2,1-2H3,(H,24,31)/b25-16-. The molecule has 0 bridgehead atoms. The van der Waals surface area contributed by atoms with Crippen molar-refractivity contribution in [3.8, 4) is 0 Å². The van der Waals surface area contributed by atoms with E-state index in [0.29, 0.717) is 30.6 Å². The Bertz CT molecular complexity index is 819. The molecule has 2 rings (SSSR count). The van der Waals surface area contributed by atoms with Crippen LogP contribution in [0.3, 0.4) is 0 Å². The molecule has 9 nitrogen and oxygen atoms in total. The number of aryl methyl sites for hydroxylation is 1. The average molecular weight is 447 g/mol. The number of aliphatic hydroxyl groups is 2. The number of aliphatic hydroxyl groups excluding tert-OH is 1. The molecular weight excluding hydrogens is 412 g/mol. The van der Waals surface area contributed by atoms with Crippen LogP contribution in [-0.2, 0) is 9.59 Å². The smallest absolute Gasteiger partial charge is 0.266 e. The molecule has 1 aliphatic carbocycles. The molecule has 0 unspecified atom stereocenters. The molecule has 0 spiro atoms. The molecule has 9 heteroatoms. The van der Waals surface area contributed by atoms with Gasteiger partial charge in [0.25, 0.3) is 11.8 Å². The molecule has 0 radical (unpaired) electrons. The van der Waals surface area contributed by atoms with Gasteiger partial charge in [0, 0.05) is 25.7 Å². The number of benzene rings is 1. The maximum Gasteiger partial charge on any atom is 0.266 e. The van der Waals surface area contributed by atoms with Crippen LogP contribution in [0.2, 0.25) is 0 Å². The Morgan fingerprint density at radius 3 is 2.53 bits per heavy atom. The molecule has 3 amide bonds. The number of rotatable bonds is 10. The first kappa shape index (κ1) is 25.5. The lowest BCUT2D eigenvalue weighted by atomic mass is 9.91. The summed E-state index contributed by atoms with van der Waals surface area (Å²) in [6.45, 7) is 2.12. The van der Waals surface area contributed by atoms with Gasteiger partial charge in [-0.15, -0.1) is 0 Å². The van der Waals surface area contributed by atoms with Gasteiger partial charge in [0.1, 0.15) is 6.21 Å². The number of amides is 3. The minimum atomic E-state index is -0.723. The number of carbonyl (C=O) groups excluding carboxylic acids is 3. The van der Waals surface area contributed by atoms with Crippen molar-refractivity contribution in [2.24, 2.45) is 5.10 Å². The molecule has 1 saturated carbocycles. The van der Waals surface area contributed by atoms with Crippen molar-refractivity contribution in [3.05, 3.63) is 29.3 Å². The van der Waals surface area contributed by atoms with Gasteiger partial charge in [-0.05, 0) is 43.9 Å². The van der Waals surface area contributed by atoms with Gasteiger partial charge in [-0.2, -0.15) is 5.10 Å². The first-order valence-electron chi connectivity index (χ1n) is 11.1. The quantitative estimate of drug-likeness (QED) is 0.218. The van der Waals surface area contributed by atoms with Crippen molar-refractivity contribution in [1.82, 2.24) is 10.2 Å². The van der Waals surface area contributed by atoms with Crippen LogP contribution in [0, 0.1) is 6.92 Å². The lowest BCUT2D eigenvalue weighted by Gasteiger charge is -2.26. The second-order valence-corrected chi connectivity index (χ2v) is 8.32. The zero-order valence-electron chi connectivity index (χ0n) is 18.9. The Morgan fingerprint density at radius 1 is 1.22 bits per heavy atom. The number of hydrogen-bond donors (Lipinski definition) is 3. The molecule has 1 fully saturated rings. The Balaban J connectivity index is 2.04. The van der Waals surface area contributed by atoms with Gasteiger partial charge in [0.15, 0.2) is 0 Å². The summed E-state index contributed by atoms with van der Waals surface area (Å²) in [4.78, 5) is 37.5. The largest absolute Gasteiger partial charge is 0.395 e. The van der Waals surface area contributed by atoms with Crippen LogP contribution in [0.1, 0.15) is 60.9 Å². The molecule has 0 heterocycles. The fraction of sp³-hybridized carbons (Fsp3) is 0.565. The summed E-state index contributed by atoms with van der Waals surface area (Å²) in [5, 5.41) is 27.4. The normalized spacial score (nSPS) is 15.8. The predicted molar refractivity (Wildman–Crippen MR) is 123 cm³/mol. The highest BCUT2D eigenvalue weighted by molar-refractivity contribution is 6.26. The number of carbonyl (C=O) groups is 3. The third kappa shape index (κ3) is 7.42. The lowest BCUT2D eigenvalue weighted by Crippen LogP contribution is -2.35. The highest BCUT2D eigenvalue weighted by Gasteiger charge is 2.27. The molecule has 32 heavy (non-hydrogen) atoms. The molecule has 176 valence electrons. The molecule has 1 aliphatic rings. The lowest BCUT2D eigenvalue weighted by molar-refractivity contribution is -0.122. The number of hydrogen-bond acceptors (Lipinski definition) is 6. The van der Waals surface area contributed by atoms with E-state index < -0.39 is 11.5 Å². The van der Waals surface area contributed by atoms with E-state index in [1.54, 1.807) is 25.1 Å². The van der Waals surface area contributed by atoms with Gasteiger partial charge in [0.2, 0.25) is 6.41 Å². The molecular formula is C23H34N4O5. The number of hydrazone groups is 1. The zero-order valence-corrected chi connectivity index (χ0v) is 18.9. The van der Waals surface area contributed by atoms with E-state index in [0.717, 1.165) is 55.3 Å². The first-order valence-corrected chi connectivity index (χ1v) is 11.1. The molecule has 0 saturated heterocycles. The maximum atomic E-state index is 12.7. The monoisotopic (exact) mass is 446 g/mol. The summed E-state index contributed by atoms with van der Waals surface area (Å²) in [6, 6.07) is 4.88. The summed E-state index contributed by atoms with van der Waals surface area (Å²) < 4.78 is 0. The molecule has 1 aromatic rings. The van der Waals surface area contributed by atoms with Crippen LogP contribution in [0.15, 0.2) is 23.3 Å². The Kier molecular flexibility index (Phi) is 9.80. The van der Waals surface area contributed by atoms with Gasteiger partial charge in [-0.25, -0.2) is 5.01 Å². The summed E-state index contributed by atoms with van der Waals surface area (Å²) >= 11 is 0. The van der Waals surface area contributed by atoms with E-state index in [9.17, 15) is 19.5 Å². The van der Waals surface area contributed by atoms with Crippen molar-refractivity contribution >= 4 is 30.1 Å². The Morgan fingerprint density at radius 2 is 1.91 bits per heavy atom. The van der Waals surface area contributed by atoms with Gasteiger partial charge in [-0.3, -0.25) is 14.4 Å². The molecule has 0 atom stereocenters. The molecule has 0 aliphatic heterocycles. The number of likely N-dealkylation sites (N-methyl/N-ethyl adjacent to an activating group) is 1. The summed E-state index contributed by atoms with van der Waals surface area (Å²) in [5.41, 5.74) is 0.737. The predicted octanol–water partition coefficient (Wildman–Crippen LogP) is 1.60. The van der Waals surface area contributed by atoms with Crippen LogP contribution >= 0.6 is 0 Å². The maximum absolute atomic E-state index is 12.7. The first-order chi connectivity index (χ1) is 15.3. The van der Waals surface area contributed by atoms with Gasteiger partial charge in [-0.1, -0.05) is 31.7 Å². The fourth-order valence-corrected chi connectivity index (χ4v) is 3.76. The van der Waals surface area contributed by atoms with Crippen molar-refractivity contribution in [2.75, 3.05) is 31.8 Å². The molecule has 0 aromatic heterocycles. The van der Waals surface area contributed by atoms with E-state index in [4.69, 9.17) is 5.11 Å². The summed E-state index contributed by atoms with van der Waals surface area (Å²) in [7, 11) is 1.51. The fourth-order valence-electron chi connectivity index (χ4n) is 3.76. The summed E-state index contributed by atoms with van der Waals surface area (Å²) in [5.74, 6) is -0.762. The number of anilines is 1. The Labute approximate surface area is 189 Å². The topological polar surface area (TPSA) is 123 Å². The molecule has 3 N–H and O–H groups in total.